The van der Waals surface area contributed by atoms with Crippen molar-refractivity contribution >= 4 is 27.5 Å². The predicted octanol–water partition coefficient (Wildman–Crippen LogP) is 5.99. The zero-order chi connectivity index (χ0) is 49.5. The number of ether oxygens (including phenoxy) is 2. The molecule has 0 aromatic carbocycles. The molecular formula is C46H91NO17P2. The summed E-state index contributed by atoms with van der Waals surface area (Å²) in [5.41, 5.74) is 0. The van der Waals surface area contributed by atoms with Crippen molar-refractivity contribution in [1.29, 1.82) is 0 Å². The highest BCUT2D eigenvalue weighted by Gasteiger charge is 2.54. The lowest BCUT2D eigenvalue weighted by Gasteiger charge is -2.43. The number of carbonyl (C=O) groups is 2. The number of esters is 1. The van der Waals surface area contributed by atoms with Crippen molar-refractivity contribution in [1.82, 2.24) is 5.32 Å². The second-order valence-corrected chi connectivity index (χ2v) is 16.8. The number of rotatable bonds is 27. The van der Waals surface area contributed by atoms with Crippen LogP contribution in [0.5, 0.6) is 0 Å². The zero-order valence-electron chi connectivity index (χ0n) is 37.2. The van der Waals surface area contributed by atoms with Gasteiger partial charge in [-0.15, -0.1) is 6.42 Å². The summed E-state index contributed by atoms with van der Waals surface area (Å²) in [7, 11) is -10.4. The molecule has 0 saturated heterocycles. The summed E-state index contributed by atoms with van der Waals surface area (Å²) in [6, 6.07) is 2.42. The summed E-state index contributed by atoms with van der Waals surface area (Å²) in [6.07, 6.45) is 6.42. The van der Waals surface area contributed by atoms with E-state index in [9.17, 15) is 44.0 Å². The second-order valence-electron chi connectivity index (χ2n) is 14.2. The van der Waals surface area contributed by atoms with Gasteiger partial charge in [-0.2, -0.15) is 0 Å². The highest BCUT2D eigenvalue weighted by Crippen LogP contribution is 2.48. The maximum absolute atomic E-state index is 12.5. The van der Waals surface area contributed by atoms with E-state index in [-0.39, 0.29) is 33.7 Å². The minimum absolute atomic E-state index is 0. The van der Waals surface area contributed by atoms with E-state index in [2.05, 4.69) is 106 Å². The summed E-state index contributed by atoms with van der Waals surface area (Å²) >= 11 is 0. The minimum atomic E-state index is -5.27. The first-order valence-corrected chi connectivity index (χ1v) is 24.3. The van der Waals surface area contributed by atoms with Gasteiger partial charge in [0.1, 0.15) is 49.5 Å². The van der Waals surface area contributed by atoms with Gasteiger partial charge in [0.2, 0.25) is 5.91 Å². The Morgan fingerprint density at radius 1 is 0.606 bits per heavy atom. The lowest BCUT2D eigenvalue weighted by molar-refractivity contribution is -0.216. The lowest BCUT2D eigenvalue weighted by atomic mass is 9.85. The van der Waals surface area contributed by atoms with Gasteiger partial charge in [-0.25, -0.2) is 9.13 Å². The number of nitrogens with one attached hydrogen (secondary N) is 1. The van der Waals surface area contributed by atoms with Gasteiger partial charge in [-0.05, 0) is 54.3 Å². The van der Waals surface area contributed by atoms with E-state index < -0.39 is 84.3 Å². The summed E-state index contributed by atoms with van der Waals surface area (Å²) in [4.78, 5) is 51.3. The van der Waals surface area contributed by atoms with Crippen LogP contribution in [-0.2, 0) is 41.8 Å². The SMILES string of the molecule is C#CC#CC#CC#CC#CC#CC#CC#CNC(=O)CCC.CCCCCCCCCCCCCCCC(=O)O[C@H](COCO)COP(=O)(O)OC1C(O)[C@H](O)C(OP(=O)(O)O)C(O)[C@@H]1O.[HH].[HH].[HH].[HH].[HH].[HH].[HH].[HH].[HH].[HH].[HH].[HH].[HH].[HH].[HH]. The number of aliphatic hydroxyl groups is 5. The van der Waals surface area contributed by atoms with Crippen LogP contribution < -0.4 is 5.32 Å². The molecule has 20 heteroatoms. The van der Waals surface area contributed by atoms with Crippen LogP contribution in [-0.4, -0.2) is 115 Å². The highest BCUT2D eigenvalue weighted by molar-refractivity contribution is 7.47. The van der Waals surface area contributed by atoms with Crippen LogP contribution in [0.1, 0.15) is 138 Å². The fraction of sp³-hybridized carbons (Fsp3) is 0.609. The molecule has 8 atom stereocenters. The number of phosphoric acid groups is 2. The van der Waals surface area contributed by atoms with Gasteiger partial charge in [0.05, 0.1) is 13.2 Å². The standard InChI is InChI=1S/C26H52O16P2.C20H9NO.15H2/c1-2-3-4-5-6-7-8-9-10-11-12-13-14-15-20(28)40-19(16-38-18-27)17-39-44(36,37)42-26-23(31)21(29)25(22(30)24(26)32)41-43(33,34)35;1-3-5-6-7-8-9-10-11-12-13-14-15-16-17-19-21-20(22)18-4-2;;;;;;;;;;;;;;;/h19,21-27,29-32H,2-18H2,1H3,(H,36,37)(H2,33,34,35);1H,4,18H2,2H3,(H,21,22);15*1H/t19-,21+,22?,23?,24+,25?,26?;;;;;;;;;;;;;;;;/m1................/s1. The number of unbranched alkanes of at least 4 members (excludes halogenated alkanes) is 12. The largest absolute Gasteiger partial charge is 0.472 e. The summed E-state index contributed by atoms with van der Waals surface area (Å²) in [5, 5.41) is 51.9. The molecule has 1 aliphatic carbocycles. The zero-order valence-corrected chi connectivity index (χ0v) is 39.0. The second kappa shape index (κ2) is 38.5. The third-order valence-corrected chi connectivity index (χ3v) is 10.2. The molecule has 1 rings (SSSR count). The van der Waals surface area contributed by atoms with E-state index >= 15 is 0 Å². The molecule has 0 spiro atoms. The molecule has 1 aliphatic rings. The molecule has 0 heterocycles. The highest BCUT2D eigenvalue weighted by atomic mass is 31.2. The molecule has 1 fully saturated rings. The van der Waals surface area contributed by atoms with Crippen LogP contribution in [0, 0.1) is 95.4 Å². The van der Waals surface area contributed by atoms with E-state index in [1.807, 2.05) is 6.92 Å². The fourth-order valence-electron chi connectivity index (χ4n) is 5.58. The van der Waals surface area contributed by atoms with E-state index in [0.29, 0.717) is 12.8 Å². The van der Waals surface area contributed by atoms with Crippen molar-refractivity contribution in [3.05, 3.63) is 0 Å². The third-order valence-electron chi connectivity index (χ3n) is 8.73. The number of terminal acetylenes is 1. The van der Waals surface area contributed by atoms with Crippen molar-refractivity contribution in [2.24, 2.45) is 0 Å². The van der Waals surface area contributed by atoms with Gasteiger partial charge < -0.3 is 49.7 Å². The Kier molecular flexibility index (Phi) is 35.8. The monoisotopic (exact) mass is 992 g/mol. The topological polar surface area (TPSA) is 288 Å². The smallest absolute Gasteiger partial charge is 0.457 e. The molecule has 18 nitrogen and oxygen atoms in total. The number of hydrogen-bond donors (Lipinski definition) is 9. The summed E-state index contributed by atoms with van der Waals surface area (Å²) in [6.45, 7) is 2.19. The molecule has 0 aromatic rings. The maximum atomic E-state index is 12.5. The average molecular weight is 992 g/mol. The first-order chi connectivity index (χ1) is 31.5. The number of phosphoric ester groups is 2. The molecular weight excluding hydrogens is 900 g/mol. The molecule has 0 aliphatic heterocycles. The van der Waals surface area contributed by atoms with Crippen LogP contribution >= 0.6 is 15.6 Å². The average Bonchev–Trinajstić information content (AvgIpc) is 3.27. The number of carbonyl (C=O) groups excluding carboxylic acids is 2. The first-order valence-electron chi connectivity index (χ1n) is 21.3. The van der Waals surface area contributed by atoms with E-state index in [1.165, 1.54) is 51.4 Å². The molecule has 0 radical (unpaired) electrons. The molecule has 9 N–H and O–H groups in total. The van der Waals surface area contributed by atoms with E-state index in [0.717, 1.165) is 32.1 Å². The van der Waals surface area contributed by atoms with E-state index in [1.54, 1.807) is 0 Å². The van der Waals surface area contributed by atoms with Crippen molar-refractivity contribution in [2.75, 3.05) is 20.0 Å². The molecule has 1 saturated carbocycles. The normalized spacial score (nSPS) is 19.3. The quantitative estimate of drug-likeness (QED) is 0.0114. The van der Waals surface area contributed by atoms with Crippen molar-refractivity contribution in [3.8, 4) is 95.4 Å². The molecule has 392 valence electrons. The fourth-order valence-corrected chi connectivity index (χ4v) is 7.12. The van der Waals surface area contributed by atoms with Gasteiger partial charge >= 0.3 is 21.6 Å². The van der Waals surface area contributed by atoms with Crippen LogP contribution in [0.15, 0.2) is 0 Å². The molecule has 0 bridgehead atoms. The van der Waals surface area contributed by atoms with Gasteiger partial charge in [-0.1, -0.05) is 90.9 Å². The molecule has 66 heavy (non-hydrogen) atoms. The maximum Gasteiger partial charge on any atom is 0.472 e. The number of amides is 1. The van der Waals surface area contributed by atoms with Gasteiger partial charge in [-0.3, -0.25) is 28.5 Å². The molecule has 5 unspecified atom stereocenters. The van der Waals surface area contributed by atoms with Crippen molar-refractivity contribution in [3.63, 3.8) is 0 Å². The Balaban J connectivity index is -0.0000000717. The van der Waals surface area contributed by atoms with Crippen LogP contribution in [0.3, 0.4) is 0 Å². The van der Waals surface area contributed by atoms with Crippen LogP contribution in [0.25, 0.3) is 0 Å². The summed E-state index contributed by atoms with van der Waals surface area (Å²) in [5.74, 6) is 33.2. The van der Waals surface area contributed by atoms with Gasteiger partial charge in [0.25, 0.3) is 0 Å². The van der Waals surface area contributed by atoms with Crippen molar-refractivity contribution in [2.45, 2.75) is 159 Å². The Hall–Kier alpha value is -4.60. The van der Waals surface area contributed by atoms with Crippen molar-refractivity contribution < 1.29 is 103 Å². The number of hydrogen-bond acceptors (Lipinski definition) is 14. The first kappa shape index (κ1) is 61.4. The Morgan fingerprint density at radius 3 is 1.45 bits per heavy atom. The van der Waals surface area contributed by atoms with Crippen LogP contribution in [0.2, 0.25) is 0 Å². The van der Waals surface area contributed by atoms with Crippen LogP contribution in [0.4, 0.5) is 0 Å². The number of aliphatic hydroxyl groups excluding tert-OH is 5. The van der Waals surface area contributed by atoms with Gasteiger partial charge in [0, 0.05) is 81.7 Å². The Bertz CT molecular complexity index is 2090. The predicted molar refractivity (Wildman–Crippen MR) is 273 cm³/mol. The lowest BCUT2D eigenvalue weighted by Crippen LogP contribution is -2.64. The molecule has 0 aromatic heterocycles. The minimum Gasteiger partial charge on any atom is -0.457 e. The Morgan fingerprint density at radius 2 is 1.03 bits per heavy atom. The molecule has 1 amide bonds. The summed E-state index contributed by atoms with van der Waals surface area (Å²) < 4.78 is 47.3. The third kappa shape index (κ3) is 33.0. The Labute approximate surface area is 410 Å². The van der Waals surface area contributed by atoms with E-state index in [4.69, 9.17) is 39.8 Å². The van der Waals surface area contributed by atoms with Gasteiger partial charge in [0.15, 0.2) is 0 Å².